The van der Waals surface area contributed by atoms with Crippen molar-refractivity contribution in [1.29, 1.82) is 0 Å². The van der Waals surface area contributed by atoms with Crippen LogP contribution in [0.5, 0.6) is 0 Å². The van der Waals surface area contributed by atoms with Crippen LogP contribution < -0.4 is 10.9 Å². The molecule has 0 bridgehead atoms. The van der Waals surface area contributed by atoms with Gasteiger partial charge in [-0.2, -0.15) is 0 Å². The fourth-order valence-corrected chi connectivity index (χ4v) is 1.03. The van der Waals surface area contributed by atoms with Gasteiger partial charge in [-0.05, 0) is 12.3 Å². The zero-order valence-corrected chi connectivity index (χ0v) is 5.41. The molecule has 1 unspecified atom stereocenters. The summed E-state index contributed by atoms with van der Waals surface area (Å²) < 4.78 is 0. The fraction of sp³-hybridized carbons (Fsp3) is 1.00. The maximum absolute atomic E-state index is 3.14. The SMILES string of the molecule is CCC1CCNNC1. The third kappa shape index (κ3) is 1.46. The van der Waals surface area contributed by atoms with E-state index in [0.29, 0.717) is 0 Å². The predicted octanol–water partition coefficient (Wildman–Crippen LogP) is 0.511. The van der Waals surface area contributed by atoms with E-state index < -0.39 is 0 Å². The molecular formula is C6H14N2. The minimum absolute atomic E-state index is 0.913. The Balaban J connectivity index is 2.13. The number of nitrogens with one attached hydrogen (secondary N) is 2. The largest absolute Gasteiger partial charge is 0.258 e. The van der Waals surface area contributed by atoms with Gasteiger partial charge in [0, 0.05) is 13.1 Å². The highest BCUT2D eigenvalue weighted by Gasteiger charge is 2.08. The standard InChI is InChI=1S/C6H14N2/c1-2-6-3-4-7-8-5-6/h6-8H,2-5H2,1H3. The summed E-state index contributed by atoms with van der Waals surface area (Å²) in [5.41, 5.74) is 6.23. The lowest BCUT2D eigenvalue weighted by Crippen LogP contribution is -2.42. The van der Waals surface area contributed by atoms with Crippen LogP contribution in [0.15, 0.2) is 0 Å². The van der Waals surface area contributed by atoms with Gasteiger partial charge in [-0.3, -0.25) is 10.9 Å². The average molecular weight is 114 g/mol. The predicted molar refractivity (Wildman–Crippen MR) is 34.4 cm³/mol. The molecule has 1 heterocycles. The summed E-state index contributed by atoms with van der Waals surface area (Å²) in [6.07, 6.45) is 2.65. The minimum atomic E-state index is 0.913. The quantitative estimate of drug-likeness (QED) is 0.519. The van der Waals surface area contributed by atoms with E-state index >= 15 is 0 Å². The molecule has 48 valence electrons. The molecule has 1 rings (SSSR count). The summed E-state index contributed by atoms with van der Waals surface area (Å²) >= 11 is 0. The molecule has 0 spiro atoms. The number of hydrogen-bond acceptors (Lipinski definition) is 2. The summed E-state index contributed by atoms with van der Waals surface area (Å²) in [4.78, 5) is 0. The van der Waals surface area contributed by atoms with Crippen LogP contribution in [0, 0.1) is 5.92 Å². The highest BCUT2D eigenvalue weighted by Crippen LogP contribution is 2.06. The zero-order valence-electron chi connectivity index (χ0n) is 5.41. The first-order chi connectivity index (χ1) is 3.93. The van der Waals surface area contributed by atoms with E-state index in [-0.39, 0.29) is 0 Å². The highest BCUT2D eigenvalue weighted by molar-refractivity contribution is 4.64. The molecule has 8 heavy (non-hydrogen) atoms. The first kappa shape index (κ1) is 6.05. The van der Waals surface area contributed by atoms with Gasteiger partial charge in [0.1, 0.15) is 0 Å². The number of rotatable bonds is 1. The van der Waals surface area contributed by atoms with Gasteiger partial charge in [-0.25, -0.2) is 0 Å². The molecule has 1 fully saturated rings. The van der Waals surface area contributed by atoms with Crippen LogP contribution in [0.4, 0.5) is 0 Å². The Morgan fingerprint density at radius 1 is 1.50 bits per heavy atom. The van der Waals surface area contributed by atoms with Crippen LogP contribution in [0.25, 0.3) is 0 Å². The van der Waals surface area contributed by atoms with E-state index in [9.17, 15) is 0 Å². The van der Waals surface area contributed by atoms with E-state index in [1.165, 1.54) is 12.8 Å². The van der Waals surface area contributed by atoms with E-state index in [0.717, 1.165) is 19.0 Å². The molecule has 0 amide bonds. The topological polar surface area (TPSA) is 24.1 Å². The lowest BCUT2D eigenvalue weighted by atomic mass is 10.0. The zero-order chi connectivity index (χ0) is 5.82. The molecule has 0 aromatic rings. The third-order valence-corrected chi connectivity index (χ3v) is 1.77. The molecule has 0 aromatic heterocycles. The number of hydrogen-bond donors (Lipinski definition) is 2. The first-order valence-corrected chi connectivity index (χ1v) is 3.39. The van der Waals surface area contributed by atoms with Gasteiger partial charge < -0.3 is 0 Å². The van der Waals surface area contributed by atoms with Crippen molar-refractivity contribution in [1.82, 2.24) is 10.9 Å². The molecular weight excluding hydrogens is 100 g/mol. The fourth-order valence-electron chi connectivity index (χ4n) is 1.03. The van der Waals surface area contributed by atoms with Crippen molar-refractivity contribution in [3.8, 4) is 0 Å². The van der Waals surface area contributed by atoms with Crippen LogP contribution in [0.3, 0.4) is 0 Å². The van der Waals surface area contributed by atoms with Gasteiger partial charge in [-0.1, -0.05) is 13.3 Å². The lowest BCUT2D eigenvalue weighted by Gasteiger charge is -2.21. The van der Waals surface area contributed by atoms with Crippen LogP contribution in [-0.2, 0) is 0 Å². The molecule has 2 nitrogen and oxygen atoms in total. The van der Waals surface area contributed by atoms with Crippen molar-refractivity contribution < 1.29 is 0 Å². The van der Waals surface area contributed by atoms with Gasteiger partial charge in [0.15, 0.2) is 0 Å². The third-order valence-electron chi connectivity index (χ3n) is 1.77. The van der Waals surface area contributed by atoms with Crippen molar-refractivity contribution >= 4 is 0 Å². The Morgan fingerprint density at radius 3 is 2.75 bits per heavy atom. The maximum atomic E-state index is 3.14. The molecule has 2 N–H and O–H groups in total. The molecule has 1 atom stereocenters. The van der Waals surface area contributed by atoms with E-state index in [1.54, 1.807) is 0 Å². The van der Waals surface area contributed by atoms with Crippen molar-refractivity contribution in [2.45, 2.75) is 19.8 Å². The molecule has 1 saturated heterocycles. The smallest absolute Gasteiger partial charge is 0.0128 e. The Bertz CT molecular complexity index is 57.5. The van der Waals surface area contributed by atoms with Crippen molar-refractivity contribution in [2.24, 2.45) is 5.92 Å². The summed E-state index contributed by atoms with van der Waals surface area (Å²) in [5.74, 6) is 0.913. The van der Waals surface area contributed by atoms with Crippen LogP contribution in [-0.4, -0.2) is 13.1 Å². The van der Waals surface area contributed by atoms with Gasteiger partial charge in [-0.15, -0.1) is 0 Å². The normalized spacial score (nSPS) is 30.4. The van der Waals surface area contributed by atoms with E-state index in [1.807, 2.05) is 0 Å². The monoisotopic (exact) mass is 114 g/mol. The molecule has 0 radical (unpaired) electrons. The van der Waals surface area contributed by atoms with Gasteiger partial charge >= 0.3 is 0 Å². The summed E-state index contributed by atoms with van der Waals surface area (Å²) in [6.45, 7) is 4.53. The number of hydrazine groups is 1. The van der Waals surface area contributed by atoms with Crippen LogP contribution in [0.1, 0.15) is 19.8 Å². The van der Waals surface area contributed by atoms with Crippen molar-refractivity contribution in [3.63, 3.8) is 0 Å². The molecule has 1 aliphatic rings. The van der Waals surface area contributed by atoms with Gasteiger partial charge in [0.2, 0.25) is 0 Å². The highest BCUT2D eigenvalue weighted by atomic mass is 15.4. The second-order valence-corrected chi connectivity index (χ2v) is 2.37. The Morgan fingerprint density at radius 2 is 2.38 bits per heavy atom. The van der Waals surface area contributed by atoms with Gasteiger partial charge in [0.25, 0.3) is 0 Å². The second-order valence-electron chi connectivity index (χ2n) is 2.37. The summed E-state index contributed by atoms with van der Waals surface area (Å²) in [6, 6.07) is 0. The van der Waals surface area contributed by atoms with Crippen molar-refractivity contribution in [3.05, 3.63) is 0 Å². The Labute approximate surface area is 50.6 Å². The molecule has 0 aromatic carbocycles. The maximum Gasteiger partial charge on any atom is 0.0128 e. The van der Waals surface area contributed by atoms with Crippen LogP contribution >= 0.6 is 0 Å². The van der Waals surface area contributed by atoms with E-state index in [2.05, 4.69) is 17.8 Å². The van der Waals surface area contributed by atoms with Gasteiger partial charge in [0.05, 0.1) is 0 Å². The lowest BCUT2D eigenvalue weighted by molar-refractivity contribution is 0.328. The van der Waals surface area contributed by atoms with E-state index in [4.69, 9.17) is 0 Å². The molecule has 1 aliphatic heterocycles. The molecule has 2 heteroatoms. The Kier molecular flexibility index (Phi) is 2.30. The van der Waals surface area contributed by atoms with Crippen molar-refractivity contribution in [2.75, 3.05) is 13.1 Å². The Hall–Kier alpha value is -0.0800. The first-order valence-electron chi connectivity index (χ1n) is 3.39. The summed E-state index contributed by atoms with van der Waals surface area (Å²) in [7, 11) is 0. The molecule has 0 saturated carbocycles. The summed E-state index contributed by atoms with van der Waals surface area (Å²) in [5, 5.41) is 0. The van der Waals surface area contributed by atoms with Crippen LogP contribution in [0.2, 0.25) is 0 Å². The average Bonchev–Trinajstić information content (AvgIpc) is 1.90. The minimum Gasteiger partial charge on any atom is -0.258 e. The molecule has 0 aliphatic carbocycles. The second kappa shape index (κ2) is 3.05.